The second-order valence-corrected chi connectivity index (χ2v) is 9.06. The molecule has 22 heavy (non-hydrogen) atoms. The first kappa shape index (κ1) is 15.0. The molecular weight excluding hydrogens is 332 g/mol. The molecule has 2 aliphatic rings. The average Bonchev–Trinajstić information content (AvgIpc) is 2.80. The summed E-state index contributed by atoms with van der Waals surface area (Å²) in [6.45, 7) is 4.58. The largest absolute Gasteiger partial charge is 0.304 e. The van der Waals surface area contributed by atoms with Gasteiger partial charge in [-0.15, -0.1) is 11.3 Å². The summed E-state index contributed by atoms with van der Waals surface area (Å²) in [5, 5.41) is 0. The van der Waals surface area contributed by atoms with Gasteiger partial charge in [-0.1, -0.05) is 41.6 Å². The van der Waals surface area contributed by atoms with Crippen LogP contribution < -0.4 is 0 Å². The maximum atomic E-state index is 6.34. The van der Waals surface area contributed by atoms with Crippen LogP contribution in [0.5, 0.6) is 0 Å². The van der Waals surface area contributed by atoms with Crippen LogP contribution in [0.2, 0.25) is 4.34 Å². The predicted molar refractivity (Wildman–Crippen MR) is 95.4 cm³/mol. The molecule has 0 amide bonds. The number of fused-ring (bicyclic) bond motifs is 2. The van der Waals surface area contributed by atoms with E-state index in [1.807, 2.05) is 11.8 Å². The zero-order valence-electron chi connectivity index (χ0n) is 12.6. The number of benzene rings is 1. The minimum Gasteiger partial charge on any atom is -0.304 e. The Hall–Kier alpha value is -0.520. The van der Waals surface area contributed by atoms with Gasteiger partial charge in [0.2, 0.25) is 0 Å². The Morgan fingerprint density at radius 1 is 1.14 bits per heavy atom. The van der Waals surface area contributed by atoms with E-state index >= 15 is 0 Å². The maximum Gasteiger partial charge on any atom is 0.0943 e. The number of rotatable bonds is 1. The quantitative estimate of drug-likeness (QED) is 0.752. The number of hydrogen-bond donors (Lipinski definition) is 0. The Balaban J connectivity index is 1.73. The van der Waals surface area contributed by atoms with Crippen molar-refractivity contribution in [3.63, 3.8) is 0 Å². The van der Waals surface area contributed by atoms with Gasteiger partial charge in [-0.3, -0.25) is 4.90 Å². The lowest BCUT2D eigenvalue weighted by Gasteiger charge is -2.38. The van der Waals surface area contributed by atoms with Gasteiger partial charge < -0.3 is 4.90 Å². The van der Waals surface area contributed by atoms with Crippen molar-refractivity contribution in [2.24, 2.45) is 0 Å². The van der Waals surface area contributed by atoms with Crippen molar-refractivity contribution in [1.29, 1.82) is 0 Å². The van der Waals surface area contributed by atoms with E-state index in [1.54, 1.807) is 11.3 Å². The van der Waals surface area contributed by atoms with E-state index in [0.717, 1.165) is 36.9 Å². The molecule has 0 bridgehead atoms. The second kappa shape index (κ2) is 6.17. The van der Waals surface area contributed by atoms with E-state index in [2.05, 4.69) is 47.2 Å². The minimum absolute atomic E-state index is 0.462. The predicted octanol–water partition coefficient (Wildman–Crippen LogP) is 4.40. The maximum absolute atomic E-state index is 6.34. The third-order valence-electron chi connectivity index (χ3n) is 4.62. The van der Waals surface area contributed by atoms with Crippen molar-refractivity contribution in [2.75, 3.05) is 33.2 Å². The highest BCUT2D eigenvalue weighted by Crippen LogP contribution is 2.47. The Morgan fingerprint density at radius 2 is 1.91 bits per heavy atom. The summed E-state index contributed by atoms with van der Waals surface area (Å²) in [4.78, 5) is 6.45. The highest BCUT2D eigenvalue weighted by atomic mass is 35.5. The third kappa shape index (κ3) is 2.83. The molecule has 0 saturated carbocycles. The van der Waals surface area contributed by atoms with Gasteiger partial charge in [-0.05, 0) is 36.7 Å². The van der Waals surface area contributed by atoms with Crippen molar-refractivity contribution in [3.05, 3.63) is 45.8 Å². The summed E-state index contributed by atoms with van der Waals surface area (Å²) >= 11 is 9.95. The monoisotopic (exact) mass is 350 g/mol. The van der Waals surface area contributed by atoms with Crippen LogP contribution in [-0.2, 0) is 6.42 Å². The fourth-order valence-corrected chi connectivity index (χ4v) is 6.13. The van der Waals surface area contributed by atoms with Gasteiger partial charge in [0.05, 0.1) is 8.55 Å². The van der Waals surface area contributed by atoms with Crippen molar-refractivity contribution in [3.8, 4) is 0 Å². The molecule has 1 atom stereocenters. The summed E-state index contributed by atoms with van der Waals surface area (Å²) in [5.74, 6) is 0. The highest BCUT2D eigenvalue weighted by Gasteiger charge is 2.30. The van der Waals surface area contributed by atoms with Crippen molar-refractivity contribution in [2.45, 2.75) is 21.6 Å². The van der Waals surface area contributed by atoms with Crippen molar-refractivity contribution in [1.82, 2.24) is 9.80 Å². The van der Waals surface area contributed by atoms with Crippen LogP contribution in [0, 0.1) is 0 Å². The molecule has 0 N–H and O–H groups in total. The smallest absolute Gasteiger partial charge is 0.0943 e. The fourth-order valence-electron chi connectivity index (χ4n) is 3.32. The number of hydrogen-bond acceptors (Lipinski definition) is 4. The lowest BCUT2D eigenvalue weighted by Crippen LogP contribution is -2.46. The summed E-state index contributed by atoms with van der Waals surface area (Å²) in [6.07, 6.45) is 1.09. The molecule has 3 heterocycles. The topological polar surface area (TPSA) is 6.48 Å². The molecule has 0 radical (unpaired) electrons. The van der Waals surface area contributed by atoms with Crippen LogP contribution in [0.1, 0.15) is 17.2 Å². The SMILES string of the molecule is CN1CCN(C2Cc3ccccc3Sc3sc(Cl)cc32)CC1. The van der Waals surface area contributed by atoms with Gasteiger partial charge in [-0.25, -0.2) is 0 Å². The molecule has 1 aromatic heterocycles. The van der Waals surface area contributed by atoms with Gasteiger partial charge >= 0.3 is 0 Å². The Labute approximate surface area is 145 Å². The Morgan fingerprint density at radius 3 is 2.73 bits per heavy atom. The summed E-state index contributed by atoms with van der Waals surface area (Å²) in [6, 6.07) is 11.5. The van der Waals surface area contributed by atoms with E-state index in [0.29, 0.717) is 6.04 Å². The van der Waals surface area contributed by atoms with Gasteiger partial charge in [-0.2, -0.15) is 0 Å². The molecule has 1 fully saturated rings. The summed E-state index contributed by atoms with van der Waals surface area (Å²) < 4.78 is 2.29. The first-order valence-corrected chi connectivity index (χ1v) is 9.69. The summed E-state index contributed by atoms with van der Waals surface area (Å²) in [7, 11) is 2.21. The van der Waals surface area contributed by atoms with Gasteiger partial charge in [0.25, 0.3) is 0 Å². The molecule has 1 aromatic carbocycles. The molecule has 2 nitrogen and oxygen atoms in total. The van der Waals surface area contributed by atoms with Gasteiger partial charge in [0.1, 0.15) is 0 Å². The van der Waals surface area contributed by atoms with Gasteiger partial charge in [0, 0.05) is 37.1 Å². The van der Waals surface area contributed by atoms with Crippen LogP contribution in [0.4, 0.5) is 0 Å². The van der Waals surface area contributed by atoms with E-state index in [1.165, 1.54) is 20.2 Å². The molecule has 2 aliphatic heterocycles. The average molecular weight is 351 g/mol. The van der Waals surface area contributed by atoms with Gasteiger partial charge in [0.15, 0.2) is 0 Å². The van der Waals surface area contributed by atoms with E-state index in [4.69, 9.17) is 11.6 Å². The lowest BCUT2D eigenvalue weighted by atomic mass is 9.99. The molecule has 1 saturated heterocycles. The summed E-state index contributed by atoms with van der Waals surface area (Å²) in [5.41, 5.74) is 2.90. The molecule has 0 spiro atoms. The van der Waals surface area contributed by atoms with Crippen LogP contribution in [0.15, 0.2) is 39.4 Å². The molecule has 116 valence electrons. The molecule has 2 aromatic rings. The van der Waals surface area contributed by atoms with Crippen LogP contribution in [0.25, 0.3) is 0 Å². The zero-order chi connectivity index (χ0) is 15.1. The van der Waals surface area contributed by atoms with E-state index in [-0.39, 0.29) is 0 Å². The number of halogens is 1. The van der Waals surface area contributed by atoms with E-state index < -0.39 is 0 Å². The first-order valence-electron chi connectivity index (χ1n) is 7.68. The minimum atomic E-state index is 0.462. The number of thiophene rings is 1. The lowest BCUT2D eigenvalue weighted by molar-refractivity contribution is 0.110. The Kier molecular flexibility index (Phi) is 4.22. The van der Waals surface area contributed by atoms with E-state index in [9.17, 15) is 0 Å². The Bertz CT molecular complexity index is 677. The molecular formula is C17H19ClN2S2. The van der Waals surface area contributed by atoms with Crippen molar-refractivity contribution < 1.29 is 0 Å². The van der Waals surface area contributed by atoms with Crippen LogP contribution in [0.3, 0.4) is 0 Å². The number of piperazine rings is 1. The van der Waals surface area contributed by atoms with Crippen molar-refractivity contribution >= 4 is 34.7 Å². The molecule has 4 rings (SSSR count). The second-order valence-electron chi connectivity index (χ2n) is 6.06. The third-order valence-corrected chi connectivity index (χ3v) is 7.23. The standard InChI is InChI=1S/C17H19ClN2S2/c1-19-6-8-20(9-7-19)14-10-12-4-2-3-5-15(12)21-17-13(14)11-16(18)22-17/h2-5,11,14H,6-10H2,1H3. The number of nitrogens with zero attached hydrogens (tertiary/aromatic N) is 2. The van der Waals surface area contributed by atoms with Crippen LogP contribution in [-0.4, -0.2) is 43.0 Å². The molecule has 5 heteroatoms. The fraction of sp³-hybridized carbons (Fsp3) is 0.412. The van der Waals surface area contributed by atoms with Crippen LogP contribution >= 0.6 is 34.7 Å². The number of likely N-dealkylation sites (N-methyl/N-ethyl adjacent to an activating group) is 1. The normalized spacial score (nSPS) is 22.9. The molecule has 0 aliphatic carbocycles. The molecule has 1 unspecified atom stereocenters. The first-order chi connectivity index (χ1) is 10.7. The highest BCUT2D eigenvalue weighted by molar-refractivity contribution is 8.01. The zero-order valence-corrected chi connectivity index (χ0v) is 15.0.